The van der Waals surface area contributed by atoms with Gasteiger partial charge < -0.3 is 10.1 Å². The van der Waals surface area contributed by atoms with E-state index < -0.39 is 51.1 Å². The number of anilines is 1. The largest absolute Gasteiger partial charge is 0.454 e. The van der Waals surface area contributed by atoms with Crippen molar-refractivity contribution in [2.45, 2.75) is 17.9 Å². The number of ether oxygens (including phenoxy) is 1. The van der Waals surface area contributed by atoms with Crippen LogP contribution in [0.15, 0.2) is 53.4 Å². The van der Waals surface area contributed by atoms with Crippen molar-refractivity contribution in [1.29, 1.82) is 0 Å². The van der Waals surface area contributed by atoms with Gasteiger partial charge in [0.2, 0.25) is 10.0 Å². The normalized spacial score (nSPS) is 12.3. The Balaban J connectivity index is 1.90. The second kappa shape index (κ2) is 8.69. The van der Waals surface area contributed by atoms with Crippen LogP contribution in [-0.2, 0) is 24.3 Å². The smallest absolute Gasteiger partial charge is 0.324 e. The number of halogens is 2. The van der Waals surface area contributed by atoms with E-state index in [1.807, 2.05) is 4.72 Å². The van der Waals surface area contributed by atoms with Gasteiger partial charge in [-0.25, -0.2) is 17.2 Å². The molecule has 0 radical (unpaired) electrons. The molecule has 144 valence electrons. The van der Waals surface area contributed by atoms with Crippen molar-refractivity contribution in [3.8, 4) is 0 Å². The van der Waals surface area contributed by atoms with Crippen LogP contribution in [0.3, 0.4) is 0 Å². The summed E-state index contributed by atoms with van der Waals surface area (Å²) in [6.45, 7) is 0.478. The van der Waals surface area contributed by atoms with E-state index >= 15 is 0 Å². The molecule has 0 heterocycles. The van der Waals surface area contributed by atoms with Crippen LogP contribution in [0.4, 0.5) is 14.5 Å². The maximum atomic E-state index is 13.6. The summed E-state index contributed by atoms with van der Waals surface area (Å²) >= 11 is 0. The minimum Gasteiger partial charge on any atom is -0.454 e. The SMILES string of the molecule is C[C@H](NS(=O)(=O)c1ccccc1F)C(=O)OCC(=O)Nc1cccc(F)c1. The molecule has 0 spiro atoms. The lowest BCUT2D eigenvalue weighted by Crippen LogP contribution is -2.40. The van der Waals surface area contributed by atoms with Crippen LogP contribution in [0.1, 0.15) is 6.92 Å². The average Bonchev–Trinajstić information content (AvgIpc) is 2.59. The van der Waals surface area contributed by atoms with E-state index in [0.29, 0.717) is 0 Å². The fourth-order valence-corrected chi connectivity index (χ4v) is 3.30. The fraction of sp³-hybridized carbons (Fsp3) is 0.176. The van der Waals surface area contributed by atoms with Gasteiger partial charge in [0, 0.05) is 5.69 Å². The van der Waals surface area contributed by atoms with Crippen LogP contribution >= 0.6 is 0 Å². The van der Waals surface area contributed by atoms with E-state index in [-0.39, 0.29) is 5.69 Å². The van der Waals surface area contributed by atoms with Crippen molar-refractivity contribution < 1.29 is 31.5 Å². The summed E-state index contributed by atoms with van der Waals surface area (Å²) in [4.78, 5) is 23.0. The maximum Gasteiger partial charge on any atom is 0.324 e. The zero-order valence-corrected chi connectivity index (χ0v) is 14.9. The molecule has 0 unspecified atom stereocenters. The standard InChI is InChI=1S/C17H16F2N2O5S/c1-11(21-27(24,25)15-8-3-2-7-14(15)19)17(23)26-10-16(22)20-13-6-4-5-12(18)9-13/h2-9,11,21H,10H2,1H3,(H,20,22)/t11-/m0/s1. The van der Waals surface area contributed by atoms with E-state index in [1.165, 1.54) is 37.3 Å². The van der Waals surface area contributed by atoms with Crippen LogP contribution in [0.5, 0.6) is 0 Å². The van der Waals surface area contributed by atoms with Crippen molar-refractivity contribution in [2.75, 3.05) is 11.9 Å². The third-order valence-electron chi connectivity index (χ3n) is 3.27. The van der Waals surface area contributed by atoms with Gasteiger partial charge >= 0.3 is 5.97 Å². The van der Waals surface area contributed by atoms with Gasteiger partial charge in [0.25, 0.3) is 5.91 Å². The molecule has 2 N–H and O–H groups in total. The summed E-state index contributed by atoms with van der Waals surface area (Å²) in [5, 5.41) is 2.31. The predicted molar refractivity (Wildman–Crippen MR) is 92.2 cm³/mol. The van der Waals surface area contributed by atoms with Gasteiger partial charge in [0.15, 0.2) is 6.61 Å². The van der Waals surface area contributed by atoms with Crippen LogP contribution in [0, 0.1) is 11.6 Å². The van der Waals surface area contributed by atoms with Gasteiger partial charge in [-0.2, -0.15) is 4.72 Å². The first kappa shape index (κ1) is 20.5. The predicted octanol–water partition coefficient (Wildman–Crippen LogP) is 1.81. The quantitative estimate of drug-likeness (QED) is 0.693. The lowest BCUT2D eigenvalue weighted by Gasteiger charge is -2.14. The molecule has 2 rings (SSSR count). The molecule has 1 atom stereocenters. The van der Waals surface area contributed by atoms with Gasteiger partial charge in [-0.15, -0.1) is 0 Å². The van der Waals surface area contributed by atoms with Crippen LogP contribution in [0.2, 0.25) is 0 Å². The molecule has 0 aliphatic carbocycles. The van der Waals surface area contributed by atoms with Gasteiger partial charge in [0.1, 0.15) is 22.6 Å². The molecular weight excluding hydrogens is 382 g/mol. The molecule has 2 aromatic rings. The lowest BCUT2D eigenvalue weighted by atomic mass is 10.3. The van der Waals surface area contributed by atoms with E-state index in [2.05, 4.69) is 5.32 Å². The number of hydrogen-bond acceptors (Lipinski definition) is 5. The number of carbonyl (C=O) groups is 2. The molecule has 0 saturated heterocycles. The zero-order valence-electron chi connectivity index (χ0n) is 14.1. The summed E-state index contributed by atoms with van der Waals surface area (Å²) in [6, 6.07) is 8.39. The number of esters is 1. The van der Waals surface area contributed by atoms with Gasteiger partial charge in [-0.05, 0) is 37.3 Å². The van der Waals surface area contributed by atoms with Crippen LogP contribution < -0.4 is 10.0 Å². The number of hydrogen-bond donors (Lipinski definition) is 2. The number of nitrogens with one attached hydrogen (secondary N) is 2. The number of benzene rings is 2. The highest BCUT2D eigenvalue weighted by Crippen LogP contribution is 2.14. The van der Waals surface area contributed by atoms with Crippen molar-refractivity contribution in [1.82, 2.24) is 4.72 Å². The Bertz CT molecular complexity index is 950. The van der Waals surface area contributed by atoms with Crippen molar-refractivity contribution in [3.63, 3.8) is 0 Å². The number of carbonyl (C=O) groups excluding carboxylic acids is 2. The molecule has 10 heteroatoms. The van der Waals surface area contributed by atoms with Crippen molar-refractivity contribution in [3.05, 3.63) is 60.2 Å². The number of sulfonamides is 1. The van der Waals surface area contributed by atoms with Crippen LogP contribution in [0.25, 0.3) is 0 Å². The minimum atomic E-state index is -4.30. The van der Waals surface area contributed by atoms with Crippen LogP contribution in [-0.4, -0.2) is 32.9 Å². The van der Waals surface area contributed by atoms with Crippen molar-refractivity contribution >= 4 is 27.6 Å². The van der Waals surface area contributed by atoms with Gasteiger partial charge in [-0.3, -0.25) is 9.59 Å². The first-order chi connectivity index (χ1) is 12.7. The number of amides is 1. The average molecular weight is 398 g/mol. The Kier molecular flexibility index (Phi) is 6.59. The highest BCUT2D eigenvalue weighted by atomic mass is 32.2. The molecule has 0 bridgehead atoms. The van der Waals surface area contributed by atoms with Crippen molar-refractivity contribution in [2.24, 2.45) is 0 Å². The second-order valence-corrected chi connectivity index (χ2v) is 7.12. The summed E-state index contributed by atoms with van der Waals surface area (Å²) < 4.78 is 57.5. The van der Waals surface area contributed by atoms with Gasteiger partial charge in [0.05, 0.1) is 0 Å². The van der Waals surface area contributed by atoms with E-state index in [4.69, 9.17) is 4.74 Å². The molecule has 0 fully saturated rings. The fourth-order valence-electron chi connectivity index (χ4n) is 2.03. The zero-order chi connectivity index (χ0) is 20.0. The molecule has 0 aromatic heterocycles. The highest BCUT2D eigenvalue weighted by Gasteiger charge is 2.25. The third-order valence-corrected chi connectivity index (χ3v) is 4.84. The molecular formula is C17H16F2N2O5S. The Morgan fingerprint density at radius 3 is 2.48 bits per heavy atom. The first-order valence-corrected chi connectivity index (χ1v) is 9.16. The third kappa shape index (κ3) is 5.83. The monoisotopic (exact) mass is 398 g/mol. The van der Waals surface area contributed by atoms with E-state index in [0.717, 1.165) is 18.2 Å². The number of rotatable bonds is 7. The Labute approximate surface area is 154 Å². The molecule has 0 aliphatic rings. The van der Waals surface area contributed by atoms with E-state index in [9.17, 15) is 26.8 Å². The summed E-state index contributed by atoms with van der Waals surface area (Å²) in [6.07, 6.45) is 0. The highest BCUT2D eigenvalue weighted by molar-refractivity contribution is 7.89. The first-order valence-electron chi connectivity index (χ1n) is 7.68. The molecule has 27 heavy (non-hydrogen) atoms. The second-order valence-electron chi connectivity index (χ2n) is 5.44. The minimum absolute atomic E-state index is 0.171. The Morgan fingerprint density at radius 1 is 1.11 bits per heavy atom. The van der Waals surface area contributed by atoms with Gasteiger partial charge in [-0.1, -0.05) is 18.2 Å². The topological polar surface area (TPSA) is 102 Å². The Hall–Kier alpha value is -2.85. The Morgan fingerprint density at radius 2 is 1.81 bits per heavy atom. The molecule has 2 aromatic carbocycles. The molecule has 0 saturated carbocycles. The summed E-state index contributed by atoms with van der Waals surface area (Å²) in [5.41, 5.74) is 0.171. The lowest BCUT2D eigenvalue weighted by molar-refractivity contribution is -0.148. The molecule has 0 aliphatic heterocycles. The molecule has 1 amide bonds. The summed E-state index contributed by atoms with van der Waals surface area (Å²) in [5.74, 6) is -3.30. The maximum absolute atomic E-state index is 13.6. The molecule has 7 nitrogen and oxygen atoms in total. The summed E-state index contributed by atoms with van der Waals surface area (Å²) in [7, 11) is -4.30. The van der Waals surface area contributed by atoms with E-state index in [1.54, 1.807) is 0 Å².